The van der Waals surface area contributed by atoms with Gasteiger partial charge in [-0.25, -0.2) is 8.78 Å². The lowest BCUT2D eigenvalue weighted by molar-refractivity contribution is -0.121. The average Bonchev–Trinajstić information content (AvgIpc) is 2.34. The molecule has 0 aromatic heterocycles. The molecule has 1 fully saturated rings. The molecular formula is C14H17F2NO. The Balaban J connectivity index is 2.02. The summed E-state index contributed by atoms with van der Waals surface area (Å²) < 4.78 is 27.0. The Hall–Kier alpha value is -1.29. The van der Waals surface area contributed by atoms with E-state index < -0.39 is 11.6 Å². The highest BCUT2D eigenvalue weighted by Gasteiger charge is 2.23. The predicted molar refractivity (Wildman–Crippen MR) is 65.1 cm³/mol. The second kappa shape index (κ2) is 5.57. The van der Waals surface area contributed by atoms with Crippen molar-refractivity contribution < 1.29 is 13.6 Å². The summed E-state index contributed by atoms with van der Waals surface area (Å²) in [6.45, 7) is 0.247. The van der Waals surface area contributed by atoms with Crippen LogP contribution in [0.1, 0.15) is 31.2 Å². The number of hydrogen-bond donors (Lipinski definition) is 0. The first-order valence-corrected chi connectivity index (χ1v) is 6.22. The zero-order valence-electron chi connectivity index (χ0n) is 10.5. The summed E-state index contributed by atoms with van der Waals surface area (Å²) in [5, 5.41) is 0. The third kappa shape index (κ3) is 2.93. The summed E-state index contributed by atoms with van der Waals surface area (Å²) in [5.41, 5.74) is 0.108. The molecule has 0 heterocycles. The van der Waals surface area contributed by atoms with E-state index in [0.717, 1.165) is 12.8 Å². The molecule has 2 nitrogen and oxygen atoms in total. The summed E-state index contributed by atoms with van der Waals surface area (Å²) in [7, 11) is 1.85. The Morgan fingerprint density at radius 2 is 1.78 bits per heavy atom. The van der Waals surface area contributed by atoms with Crippen LogP contribution in [0.5, 0.6) is 0 Å². The lowest BCUT2D eigenvalue weighted by Crippen LogP contribution is -2.35. The Morgan fingerprint density at radius 1 is 1.22 bits per heavy atom. The Kier molecular flexibility index (Phi) is 4.07. The second-order valence-corrected chi connectivity index (χ2v) is 4.89. The van der Waals surface area contributed by atoms with E-state index in [1.165, 1.54) is 18.2 Å². The molecule has 0 spiro atoms. The topological polar surface area (TPSA) is 20.3 Å². The zero-order valence-corrected chi connectivity index (χ0v) is 10.5. The van der Waals surface area contributed by atoms with Crippen LogP contribution in [0.2, 0.25) is 0 Å². The van der Waals surface area contributed by atoms with E-state index in [4.69, 9.17) is 0 Å². The molecule has 0 bridgehead atoms. The number of carbonyl (C=O) groups excluding carboxylic acids is 1. The largest absolute Gasteiger partial charge is 0.300 e. The number of ketones is 1. The number of carbonyl (C=O) groups is 1. The maximum absolute atomic E-state index is 13.5. The molecule has 18 heavy (non-hydrogen) atoms. The molecule has 1 aromatic rings. The van der Waals surface area contributed by atoms with Crippen molar-refractivity contribution in [2.24, 2.45) is 0 Å². The SMILES string of the molecule is CN(Cc1c(F)cccc1F)C1CCC(=O)CC1. The summed E-state index contributed by atoms with van der Waals surface area (Å²) >= 11 is 0. The summed E-state index contributed by atoms with van der Waals surface area (Å²) in [5.74, 6) is -0.723. The standard InChI is InChI=1S/C14H17F2NO/c1-17(10-5-7-11(18)8-6-10)9-12-13(15)3-2-4-14(12)16/h2-4,10H,5-9H2,1H3. The minimum atomic E-state index is -0.506. The number of rotatable bonds is 3. The van der Waals surface area contributed by atoms with Crippen LogP contribution in [0.25, 0.3) is 0 Å². The first-order valence-electron chi connectivity index (χ1n) is 6.22. The third-order valence-corrected chi connectivity index (χ3v) is 3.61. The molecule has 0 atom stereocenters. The highest BCUT2D eigenvalue weighted by atomic mass is 19.1. The molecule has 0 aliphatic heterocycles. The van der Waals surface area contributed by atoms with Gasteiger partial charge in [-0.15, -0.1) is 0 Å². The van der Waals surface area contributed by atoms with Crippen LogP contribution in [0, 0.1) is 11.6 Å². The Morgan fingerprint density at radius 3 is 2.33 bits per heavy atom. The van der Waals surface area contributed by atoms with Gasteiger partial charge in [-0.3, -0.25) is 9.69 Å². The first kappa shape index (κ1) is 13.1. The van der Waals surface area contributed by atoms with E-state index in [1.54, 1.807) is 0 Å². The Labute approximate surface area is 106 Å². The summed E-state index contributed by atoms with van der Waals surface area (Å²) in [6, 6.07) is 4.16. The first-order chi connectivity index (χ1) is 8.58. The Bertz CT molecular complexity index is 417. The highest BCUT2D eigenvalue weighted by Crippen LogP contribution is 2.22. The van der Waals surface area contributed by atoms with Crippen LogP contribution in [0.4, 0.5) is 8.78 Å². The van der Waals surface area contributed by atoms with Gasteiger partial charge in [0.25, 0.3) is 0 Å². The summed E-state index contributed by atoms with van der Waals surface area (Å²) in [6.07, 6.45) is 2.72. The maximum Gasteiger partial charge on any atom is 0.133 e. The van der Waals surface area contributed by atoms with Gasteiger partial charge in [0.05, 0.1) is 0 Å². The van der Waals surface area contributed by atoms with Crippen molar-refractivity contribution in [3.05, 3.63) is 35.4 Å². The maximum atomic E-state index is 13.5. The van der Waals surface area contributed by atoms with E-state index in [0.29, 0.717) is 12.8 Å². The van der Waals surface area contributed by atoms with E-state index >= 15 is 0 Å². The van der Waals surface area contributed by atoms with Crippen LogP contribution in [0.15, 0.2) is 18.2 Å². The monoisotopic (exact) mass is 253 g/mol. The van der Waals surface area contributed by atoms with Crippen LogP contribution < -0.4 is 0 Å². The van der Waals surface area contributed by atoms with Gasteiger partial charge in [0.1, 0.15) is 17.4 Å². The quantitative estimate of drug-likeness (QED) is 0.825. The molecule has 4 heteroatoms. The van der Waals surface area contributed by atoms with Crippen molar-refractivity contribution in [3.63, 3.8) is 0 Å². The predicted octanol–water partition coefficient (Wildman–Crippen LogP) is 2.91. The molecular weight excluding hydrogens is 236 g/mol. The normalized spacial score (nSPS) is 17.4. The van der Waals surface area contributed by atoms with Gasteiger partial charge < -0.3 is 0 Å². The van der Waals surface area contributed by atoms with Crippen molar-refractivity contribution in [2.75, 3.05) is 7.05 Å². The zero-order chi connectivity index (χ0) is 13.1. The van der Waals surface area contributed by atoms with Crippen molar-refractivity contribution >= 4 is 5.78 Å². The fourth-order valence-electron chi connectivity index (χ4n) is 2.43. The number of nitrogens with zero attached hydrogens (tertiary/aromatic N) is 1. The van der Waals surface area contributed by atoms with Crippen LogP contribution >= 0.6 is 0 Å². The smallest absolute Gasteiger partial charge is 0.133 e. The molecule has 98 valence electrons. The highest BCUT2D eigenvalue weighted by molar-refractivity contribution is 5.79. The third-order valence-electron chi connectivity index (χ3n) is 3.61. The van der Waals surface area contributed by atoms with E-state index in [9.17, 15) is 13.6 Å². The van der Waals surface area contributed by atoms with Crippen LogP contribution in [-0.4, -0.2) is 23.8 Å². The minimum Gasteiger partial charge on any atom is -0.300 e. The fourth-order valence-corrected chi connectivity index (χ4v) is 2.43. The molecule has 1 aliphatic rings. The number of halogens is 2. The number of Topliss-reactive ketones (excluding diaryl/α,β-unsaturated/α-hetero) is 1. The van der Waals surface area contributed by atoms with Crippen molar-refractivity contribution in [1.29, 1.82) is 0 Å². The average molecular weight is 253 g/mol. The molecule has 1 saturated carbocycles. The van der Waals surface area contributed by atoms with Crippen LogP contribution in [0.3, 0.4) is 0 Å². The second-order valence-electron chi connectivity index (χ2n) is 4.89. The van der Waals surface area contributed by atoms with Crippen molar-refractivity contribution in [1.82, 2.24) is 4.90 Å². The van der Waals surface area contributed by atoms with E-state index in [1.807, 2.05) is 11.9 Å². The van der Waals surface area contributed by atoms with Gasteiger partial charge >= 0.3 is 0 Å². The van der Waals surface area contributed by atoms with E-state index in [-0.39, 0.29) is 23.9 Å². The molecule has 1 aliphatic carbocycles. The molecule has 0 radical (unpaired) electrons. The molecule has 2 rings (SSSR count). The molecule has 0 N–H and O–H groups in total. The summed E-state index contributed by atoms with van der Waals surface area (Å²) in [4.78, 5) is 13.1. The van der Waals surface area contributed by atoms with Gasteiger partial charge in [-0.2, -0.15) is 0 Å². The van der Waals surface area contributed by atoms with Gasteiger partial charge in [-0.05, 0) is 32.0 Å². The molecule has 0 unspecified atom stereocenters. The lowest BCUT2D eigenvalue weighted by atomic mass is 9.93. The molecule has 0 saturated heterocycles. The van der Waals surface area contributed by atoms with Gasteiger partial charge in [-0.1, -0.05) is 6.07 Å². The number of benzene rings is 1. The minimum absolute atomic E-state index is 0.108. The number of hydrogen-bond acceptors (Lipinski definition) is 2. The van der Waals surface area contributed by atoms with Crippen LogP contribution in [-0.2, 0) is 11.3 Å². The van der Waals surface area contributed by atoms with E-state index in [2.05, 4.69) is 0 Å². The van der Waals surface area contributed by atoms with Gasteiger partial charge in [0, 0.05) is 31.0 Å². The molecule has 1 aromatic carbocycles. The van der Waals surface area contributed by atoms with Gasteiger partial charge in [0.15, 0.2) is 0 Å². The molecule has 0 amide bonds. The van der Waals surface area contributed by atoms with Gasteiger partial charge in [0.2, 0.25) is 0 Å². The lowest BCUT2D eigenvalue weighted by Gasteiger charge is -2.30. The van der Waals surface area contributed by atoms with Crippen molar-refractivity contribution in [2.45, 2.75) is 38.3 Å². The fraction of sp³-hybridized carbons (Fsp3) is 0.500. The van der Waals surface area contributed by atoms with Crippen molar-refractivity contribution in [3.8, 4) is 0 Å².